The lowest BCUT2D eigenvalue weighted by atomic mass is 9.95. The average molecular weight is 365 g/mol. The SMILES string of the molecule is O=C(O)c1cc2ccc1CCCCCCc1ccc(cc1)CCCCCC2. The van der Waals surface area contributed by atoms with Crippen molar-refractivity contribution in [1.82, 2.24) is 0 Å². The fourth-order valence-corrected chi connectivity index (χ4v) is 4.08. The quantitative estimate of drug-likeness (QED) is 0.636. The molecule has 0 amide bonds. The van der Waals surface area contributed by atoms with E-state index < -0.39 is 5.97 Å². The van der Waals surface area contributed by atoms with Crippen molar-refractivity contribution in [2.24, 2.45) is 0 Å². The molecule has 144 valence electrons. The Labute approximate surface area is 163 Å². The summed E-state index contributed by atoms with van der Waals surface area (Å²) in [5.74, 6) is -0.781. The highest BCUT2D eigenvalue weighted by molar-refractivity contribution is 5.89. The minimum Gasteiger partial charge on any atom is -0.478 e. The molecule has 0 aromatic heterocycles. The van der Waals surface area contributed by atoms with Crippen LogP contribution in [0, 0.1) is 0 Å². The Morgan fingerprint density at radius 3 is 1.56 bits per heavy atom. The van der Waals surface area contributed by atoms with Crippen molar-refractivity contribution < 1.29 is 9.90 Å². The maximum atomic E-state index is 11.7. The van der Waals surface area contributed by atoms with Crippen LogP contribution in [0.2, 0.25) is 0 Å². The van der Waals surface area contributed by atoms with Gasteiger partial charge in [0, 0.05) is 0 Å². The van der Waals surface area contributed by atoms with Gasteiger partial charge >= 0.3 is 5.97 Å². The molecule has 2 aromatic rings. The van der Waals surface area contributed by atoms with Crippen LogP contribution in [-0.4, -0.2) is 11.1 Å². The van der Waals surface area contributed by atoms with Crippen molar-refractivity contribution in [3.63, 3.8) is 0 Å². The molecular formula is C25H32O2. The predicted octanol–water partition coefficient (Wildman–Crippen LogP) is 6.39. The molecule has 0 heterocycles. The minimum atomic E-state index is -0.781. The van der Waals surface area contributed by atoms with E-state index in [1.165, 1.54) is 55.2 Å². The molecule has 0 atom stereocenters. The number of carboxylic acids is 1. The molecule has 2 heteroatoms. The van der Waals surface area contributed by atoms with Crippen LogP contribution in [0.5, 0.6) is 0 Å². The van der Waals surface area contributed by atoms with Crippen LogP contribution in [0.25, 0.3) is 0 Å². The van der Waals surface area contributed by atoms with Crippen molar-refractivity contribution in [2.75, 3.05) is 0 Å². The summed E-state index contributed by atoms with van der Waals surface area (Å²) in [5, 5.41) is 9.58. The third-order valence-corrected chi connectivity index (χ3v) is 5.77. The molecule has 4 bridgehead atoms. The first-order valence-corrected chi connectivity index (χ1v) is 10.7. The van der Waals surface area contributed by atoms with E-state index in [4.69, 9.17) is 0 Å². The monoisotopic (exact) mass is 364 g/mol. The van der Waals surface area contributed by atoms with Gasteiger partial charge in [-0.05, 0) is 79.7 Å². The first-order chi connectivity index (χ1) is 13.2. The van der Waals surface area contributed by atoms with E-state index in [0.29, 0.717) is 5.56 Å². The number of carboxylic acid groups (broad SMARTS) is 1. The zero-order valence-electron chi connectivity index (χ0n) is 16.4. The van der Waals surface area contributed by atoms with Crippen molar-refractivity contribution in [2.45, 2.75) is 77.0 Å². The highest BCUT2D eigenvalue weighted by Crippen LogP contribution is 2.19. The summed E-state index contributed by atoms with van der Waals surface area (Å²) < 4.78 is 0. The summed E-state index contributed by atoms with van der Waals surface area (Å²) >= 11 is 0. The Kier molecular flexibility index (Phi) is 7.50. The van der Waals surface area contributed by atoms with Gasteiger partial charge in [-0.3, -0.25) is 0 Å². The summed E-state index contributed by atoms with van der Waals surface area (Å²) in [4.78, 5) is 11.7. The fourth-order valence-electron chi connectivity index (χ4n) is 4.08. The second-order valence-electron chi connectivity index (χ2n) is 7.94. The molecule has 0 radical (unpaired) electrons. The van der Waals surface area contributed by atoms with Crippen molar-refractivity contribution in [3.8, 4) is 0 Å². The number of aromatic carboxylic acids is 1. The number of benzene rings is 2. The predicted molar refractivity (Wildman–Crippen MR) is 112 cm³/mol. The molecule has 0 saturated heterocycles. The number of rotatable bonds is 1. The van der Waals surface area contributed by atoms with E-state index in [2.05, 4.69) is 36.4 Å². The molecule has 2 nitrogen and oxygen atoms in total. The molecular weight excluding hydrogens is 332 g/mol. The fraction of sp³-hybridized carbons (Fsp3) is 0.480. The van der Waals surface area contributed by atoms with Crippen molar-refractivity contribution >= 4 is 5.97 Å². The van der Waals surface area contributed by atoms with Gasteiger partial charge in [0.15, 0.2) is 0 Å². The molecule has 6 rings (SSSR count). The van der Waals surface area contributed by atoms with Crippen molar-refractivity contribution in [1.29, 1.82) is 0 Å². The van der Waals surface area contributed by atoms with Gasteiger partial charge in [0.2, 0.25) is 0 Å². The van der Waals surface area contributed by atoms with Gasteiger partial charge in [-0.15, -0.1) is 0 Å². The van der Waals surface area contributed by atoms with E-state index in [-0.39, 0.29) is 0 Å². The molecule has 0 aliphatic heterocycles. The first-order valence-electron chi connectivity index (χ1n) is 10.7. The zero-order chi connectivity index (χ0) is 18.9. The molecule has 0 spiro atoms. The first kappa shape index (κ1) is 19.7. The second kappa shape index (κ2) is 10.3. The van der Waals surface area contributed by atoms with Crippen LogP contribution in [0.4, 0.5) is 0 Å². The van der Waals surface area contributed by atoms with Crippen LogP contribution < -0.4 is 0 Å². The maximum absolute atomic E-state index is 11.7. The van der Waals surface area contributed by atoms with E-state index in [1.807, 2.05) is 6.07 Å². The summed E-state index contributed by atoms with van der Waals surface area (Å²) in [5.41, 5.74) is 5.57. The van der Waals surface area contributed by atoms with Crippen molar-refractivity contribution in [3.05, 3.63) is 70.3 Å². The van der Waals surface area contributed by atoms with Crippen LogP contribution >= 0.6 is 0 Å². The Morgan fingerprint density at radius 2 is 1.04 bits per heavy atom. The number of aryl methyl sites for hydroxylation is 4. The maximum Gasteiger partial charge on any atom is 0.335 e. The van der Waals surface area contributed by atoms with Gasteiger partial charge in [0.05, 0.1) is 5.56 Å². The third-order valence-electron chi connectivity index (χ3n) is 5.77. The Hall–Kier alpha value is -2.09. The third kappa shape index (κ3) is 6.23. The molecule has 2 aromatic carbocycles. The second-order valence-corrected chi connectivity index (χ2v) is 7.94. The molecule has 0 fully saturated rings. The van der Waals surface area contributed by atoms with Gasteiger partial charge in [-0.2, -0.15) is 0 Å². The van der Waals surface area contributed by atoms with E-state index in [1.54, 1.807) is 0 Å². The molecule has 1 N–H and O–H groups in total. The van der Waals surface area contributed by atoms with E-state index >= 15 is 0 Å². The van der Waals surface area contributed by atoms with Gasteiger partial charge in [-0.25, -0.2) is 4.79 Å². The zero-order valence-corrected chi connectivity index (χ0v) is 16.4. The van der Waals surface area contributed by atoms with E-state index in [9.17, 15) is 9.90 Å². The lowest BCUT2D eigenvalue weighted by Gasteiger charge is -2.10. The molecule has 0 saturated carbocycles. The minimum absolute atomic E-state index is 0.515. The Bertz CT molecular complexity index is 730. The Morgan fingerprint density at radius 1 is 0.593 bits per heavy atom. The average Bonchev–Trinajstić information content (AvgIpc) is 2.68. The standard InChI is InChI=1S/C25H32O2/c26-25(27)24-19-22-11-7-2-1-5-9-20-13-15-21(16-14-20)10-6-3-4-8-12-23(24)18-17-22/h13-19H,1-12H2,(H,26,27). The lowest BCUT2D eigenvalue weighted by Crippen LogP contribution is -2.04. The summed E-state index contributed by atoms with van der Waals surface area (Å²) in [7, 11) is 0. The normalized spacial score (nSPS) is 16.9. The molecule has 4 aliphatic carbocycles. The van der Waals surface area contributed by atoms with E-state index in [0.717, 1.165) is 44.1 Å². The molecule has 4 aliphatic rings. The van der Waals surface area contributed by atoms with Crippen LogP contribution in [-0.2, 0) is 25.7 Å². The smallest absolute Gasteiger partial charge is 0.335 e. The topological polar surface area (TPSA) is 37.3 Å². The number of hydrogen-bond donors (Lipinski definition) is 1. The highest BCUT2D eigenvalue weighted by atomic mass is 16.4. The van der Waals surface area contributed by atoms with Crippen LogP contribution in [0.1, 0.15) is 84.0 Å². The van der Waals surface area contributed by atoms with Gasteiger partial charge in [0.25, 0.3) is 0 Å². The van der Waals surface area contributed by atoms with Gasteiger partial charge in [0.1, 0.15) is 0 Å². The van der Waals surface area contributed by atoms with Crippen LogP contribution in [0.3, 0.4) is 0 Å². The largest absolute Gasteiger partial charge is 0.478 e. The number of hydrogen-bond acceptors (Lipinski definition) is 1. The summed E-state index contributed by atoms with van der Waals surface area (Å²) in [6.45, 7) is 0. The lowest BCUT2D eigenvalue weighted by molar-refractivity contribution is 0.0695. The van der Waals surface area contributed by atoms with Crippen LogP contribution in [0.15, 0.2) is 42.5 Å². The van der Waals surface area contributed by atoms with Gasteiger partial charge < -0.3 is 5.11 Å². The number of carbonyl (C=O) groups is 1. The molecule has 27 heavy (non-hydrogen) atoms. The summed E-state index contributed by atoms with van der Waals surface area (Å²) in [6.07, 6.45) is 13.6. The highest BCUT2D eigenvalue weighted by Gasteiger charge is 2.11. The van der Waals surface area contributed by atoms with Gasteiger partial charge in [-0.1, -0.05) is 62.1 Å². The summed E-state index contributed by atoms with van der Waals surface area (Å²) in [6, 6.07) is 15.3. The Balaban J connectivity index is 1.65. The molecule has 0 unspecified atom stereocenters.